The molecule has 0 radical (unpaired) electrons. The molecule has 10 heteroatoms. The van der Waals surface area contributed by atoms with Gasteiger partial charge in [0.2, 0.25) is 0 Å². The lowest BCUT2D eigenvalue weighted by molar-refractivity contribution is -0.152. The lowest BCUT2D eigenvalue weighted by Gasteiger charge is -2.28. The van der Waals surface area contributed by atoms with E-state index in [-0.39, 0.29) is 42.3 Å². The third kappa shape index (κ3) is 4.95. The van der Waals surface area contributed by atoms with Crippen LogP contribution in [0.25, 0.3) is 11.0 Å². The SMILES string of the molecule is CCOC(=O)C1=C(C)NC(C)=C(C(=O)OCC)C1C(=O)OCc1cc(=O)oc2cc(O)ccc12. The number of ether oxygens (including phenoxy) is 3. The highest BCUT2D eigenvalue weighted by Gasteiger charge is 2.42. The first-order chi connectivity index (χ1) is 16.2. The van der Waals surface area contributed by atoms with Gasteiger partial charge >= 0.3 is 23.5 Å². The van der Waals surface area contributed by atoms with E-state index >= 15 is 0 Å². The number of rotatable bonds is 7. The fraction of sp³-hybridized carbons (Fsp3) is 0.333. The number of aromatic hydroxyl groups is 1. The van der Waals surface area contributed by atoms with E-state index in [0.717, 1.165) is 6.07 Å². The van der Waals surface area contributed by atoms with E-state index in [1.807, 2.05) is 0 Å². The van der Waals surface area contributed by atoms with Crippen molar-refractivity contribution < 1.29 is 38.1 Å². The first-order valence-electron chi connectivity index (χ1n) is 10.6. The number of allylic oxidation sites excluding steroid dienone is 2. The molecule has 180 valence electrons. The van der Waals surface area contributed by atoms with Crippen LogP contribution in [0.3, 0.4) is 0 Å². The van der Waals surface area contributed by atoms with Crippen molar-refractivity contribution in [3.8, 4) is 5.75 Å². The van der Waals surface area contributed by atoms with Gasteiger partial charge in [-0.3, -0.25) is 4.79 Å². The molecule has 1 aliphatic rings. The van der Waals surface area contributed by atoms with Gasteiger partial charge in [-0.05, 0) is 39.8 Å². The van der Waals surface area contributed by atoms with Gasteiger partial charge in [0.15, 0.2) is 0 Å². The molecule has 0 aliphatic carbocycles. The maximum atomic E-state index is 13.3. The molecule has 1 aromatic carbocycles. The Morgan fingerprint density at radius 2 is 1.56 bits per heavy atom. The summed E-state index contributed by atoms with van der Waals surface area (Å²) >= 11 is 0. The number of carbonyl (C=O) groups excluding carboxylic acids is 3. The Morgan fingerprint density at radius 3 is 2.12 bits per heavy atom. The first-order valence-corrected chi connectivity index (χ1v) is 10.6. The zero-order valence-corrected chi connectivity index (χ0v) is 19.2. The molecule has 2 N–H and O–H groups in total. The average molecular weight is 471 g/mol. The molecule has 2 heterocycles. The number of phenolic OH excluding ortho intramolecular Hbond substituents is 1. The Labute approximate surface area is 194 Å². The van der Waals surface area contributed by atoms with E-state index < -0.39 is 29.5 Å². The van der Waals surface area contributed by atoms with Crippen molar-refractivity contribution in [1.29, 1.82) is 0 Å². The van der Waals surface area contributed by atoms with Crippen molar-refractivity contribution in [1.82, 2.24) is 5.32 Å². The first kappa shape index (κ1) is 24.6. The molecule has 3 rings (SSSR count). The van der Waals surface area contributed by atoms with Crippen LogP contribution in [0, 0.1) is 5.92 Å². The number of fused-ring (bicyclic) bond motifs is 1. The van der Waals surface area contributed by atoms with Crippen LogP contribution in [0.1, 0.15) is 33.3 Å². The summed E-state index contributed by atoms with van der Waals surface area (Å²) < 4.78 is 20.8. The largest absolute Gasteiger partial charge is 0.508 e. The molecule has 1 aromatic heterocycles. The summed E-state index contributed by atoms with van der Waals surface area (Å²) in [4.78, 5) is 50.6. The normalized spacial score (nSPS) is 14.1. The molecule has 10 nitrogen and oxygen atoms in total. The third-order valence-electron chi connectivity index (χ3n) is 5.17. The number of carbonyl (C=O) groups is 3. The second-order valence-corrected chi connectivity index (χ2v) is 7.46. The molecule has 0 unspecified atom stereocenters. The molecular formula is C24H25NO9. The predicted molar refractivity (Wildman–Crippen MR) is 119 cm³/mol. The molecular weight excluding hydrogens is 446 g/mol. The molecule has 2 aromatic rings. The van der Waals surface area contributed by atoms with Crippen molar-refractivity contribution in [2.24, 2.45) is 5.92 Å². The van der Waals surface area contributed by atoms with Crippen LogP contribution in [-0.4, -0.2) is 36.2 Å². The van der Waals surface area contributed by atoms with E-state index in [1.165, 1.54) is 18.2 Å². The van der Waals surface area contributed by atoms with Gasteiger partial charge in [-0.2, -0.15) is 0 Å². The van der Waals surface area contributed by atoms with E-state index in [2.05, 4.69) is 5.32 Å². The van der Waals surface area contributed by atoms with Crippen LogP contribution in [0.2, 0.25) is 0 Å². The monoisotopic (exact) mass is 471 g/mol. The maximum absolute atomic E-state index is 13.3. The Hall–Kier alpha value is -4.08. The summed E-state index contributed by atoms with van der Waals surface area (Å²) in [7, 11) is 0. The van der Waals surface area contributed by atoms with E-state index in [9.17, 15) is 24.3 Å². The number of dihydropyridines is 1. The van der Waals surface area contributed by atoms with Crippen molar-refractivity contribution >= 4 is 28.9 Å². The van der Waals surface area contributed by atoms with Crippen LogP contribution in [-0.2, 0) is 35.2 Å². The zero-order chi connectivity index (χ0) is 25.0. The van der Waals surface area contributed by atoms with Crippen molar-refractivity contribution in [3.63, 3.8) is 0 Å². The van der Waals surface area contributed by atoms with Gasteiger partial charge in [0.25, 0.3) is 0 Å². The van der Waals surface area contributed by atoms with Gasteiger partial charge in [0.05, 0.1) is 24.4 Å². The molecule has 1 aliphatic heterocycles. The van der Waals surface area contributed by atoms with Crippen LogP contribution < -0.4 is 10.9 Å². The number of hydrogen-bond donors (Lipinski definition) is 2. The number of nitrogens with one attached hydrogen (secondary N) is 1. The van der Waals surface area contributed by atoms with Crippen molar-refractivity contribution in [2.45, 2.75) is 34.3 Å². The summed E-state index contributed by atoms with van der Waals surface area (Å²) in [5.74, 6) is -3.94. The minimum Gasteiger partial charge on any atom is -0.508 e. The van der Waals surface area contributed by atoms with E-state index in [4.69, 9.17) is 18.6 Å². The molecule has 0 fully saturated rings. The molecule has 0 bridgehead atoms. The predicted octanol–water partition coefficient (Wildman–Crippen LogP) is 2.44. The Morgan fingerprint density at radius 1 is 0.971 bits per heavy atom. The topological polar surface area (TPSA) is 141 Å². The standard InChI is InChI=1S/C24H25NO9/c1-5-31-22(28)19-12(3)25-13(4)20(23(29)32-6-2)21(19)24(30)33-11-14-9-18(27)34-17-10-15(26)7-8-16(14)17/h7-10,21,25-26H,5-6,11H2,1-4H3. The van der Waals surface area contributed by atoms with Gasteiger partial charge in [-0.15, -0.1) is 0 Å². The number of benzene rings is 1. The summed E-state index contributed by atoms with van der Waals surface area (Å²) in [6.45, 7) is 6.19. The highest BCUT2D eigenvalue weighted by atomic mass is 16.5. The van der Waals surface area contributed by atoms with Crippen LogP contribution in [0.15, 0.2) is 56.0 Å². The van der Waals surface area contributed by atoms with E-state index in [1.54, 1.807) is 27.7 Å². The minimum atomic E-state index is -1.39. The molecule has 0 spiro atoms. The molecule has 0 saturated carbocycles. The van der Waals surface area contributed by atoms with Crippen LogP contribution >= 0.6 is 0 Å². The van der Waals surface area contributed by atoms with Gasteiger partial charge in [-0.25, -0.2) is 14.4 Å². The van der Waals surface area contributed by atoms with Crippen LogP contribution in [0.4, 0.5) is 0 Å². The molecule has 0 amide bonds. The van der Waals surface area contributed by atoms with Gasteiger partial charge in [0, 0.05) is 34.5 Å². The molecule has 34 heavy (non-hydrogen) atoms. The smallest absolute Gasteiger partial charge is 0.337 e. The van der Waals surface area contributed by atoms with Crippen LogP contribution in [0.5, 0.6) is 5.75 Å². The Kier molecular flexibility index (Phi) is 7.40. The summed E-state index contributed by atoms with van der Waals surface area (Å²) in [6.07, 6.45) is 0. The highest BCUT2D eigenvalue weighted by Crippen LogP contribution is 2.33. The average Bonchev–Trinajstić information content (AvgIpc) is 2.76. The van der Waals surface area contributed by atoms with E-state index in [0.29, 0.717) is 22.3 Å². The fourth-order valence-electron chi connectivity index (χ4n) is 3.76. The fourth-order valence-corrected chi connectivity index (χ4v) is 3.76. The lowest BCUT2D eigenvalue weighted by atomic mass is 9.85. The van der Waals surface area contributed by atoms with Crippen molar-refractivity contribution in [2.75, 3.05) is 13.2 Å². The quantitative estimate of drug-likeness (QED) is 0.351. The molecule has 0 saturated heterocycles. The highest BCUT2D eigenvalue weighted by molar-refractivity contribution is 6.05. The second-order valence-electron chi connectivity index (χ2n) is 7.46. The lowest BCUT2D eigenvalue weighted by Crippen LogP contribution is -2.38. The zero-order valence-electron chi connectivity index (χ0n) is 19.2. The Balaban J connectivity index is 1.99. The van der Waals surface area contributed by atoms with Gasteiger partial charge < -0.3 is 29.1 Å². The summed E-state index contributed by atoms with van der Waals surface area (Å²) in [5.41, 5.74) is 0.290. The third-order valence-corrected chi connectivity index (χ3v) is 5.17. The molecule has 0 atom stereocenters. The number of phenols is 1. The van der Waals surface area contributed by atoms with Gasteiger partial charge in [-0.1, -0.05) is 0 Å². The second kappa shape index (κ2) is 10.2. The van der Waals surface area contributed by atoms with Crippen molar-refractivity contribution in [3.05, 3.63) is 62.8 Å². The van der Waals surface area contributed by atoms with Gasteiger partial charge in [0.1, 0.15) is 23.9 Å². The maximum Gasteiger partial charge on any atom is 0.337 e. The number of hydrogen-bond acceptors (Lipinski definition) is 10. The summed E-state index contributed by atoms with van der Waals surface area (Å²) in [6, 6.07) is 5.35. The summed E-state index contributed by atoms with van der Waals surface area (Å²) in [5, 5.41) is 13.0. The Bertz CT molecular complexity index is 1230. The minimum absolute atomic E-state index is 0.0629. The number of esters is 3.